The number of fused-ring (bicyclic) bond motifs is 1. The molecule has 0 bridgehead atoms. The summed E-state index contributed by atoms with van der Waals surface area (Å²) in [7, 11) is 0. The number of rotatable bonds is 8. The number of amides is 1. The van der Waals surface area contributed by atoms with Crippen molar-refractivity contribution in [3.05, 3.63) is 60.2 Å². The number of benzene rings is 2. The van der Waals surface area contributed by atoms with Crippen LogP contribution in [0.5, 0.6) is 11.5 Å². The van der Waals surface area contributed by atoms with E-state index in [-0.39, 0.29) is 19.3 Å². The topological polar surface area (TPSA) is 73.9 Å². The number of hydrogen-bond donors (Lipinski definition) is 1. The summed E-state index contributed by atoms with van der Waals surface area (Å²) in [6.07, 6.45) is 2.87. The summed E-state index contributed by atoms with van der Waals surface area (Å²) in [6.45, 7) is 0.396. The minimum atomic E-state index is -0.582. The average Bonchev–Trinajstić information content (AvgIpc) is 3.17. The highest BCUT2D eigenvalue weighted by Crippen LogP contribution is 2.32. The number of carbonyl (C=O) groups is 2. The Morgan fingerprint density at radius 3 is 2.78 bits per heavy atom. The van der Waals surface area contributed by atoms with Gasteiger partial charge in [-0.15, -0.1) is 11.8 Å². The Morgan fingerprint density at radius 2 is 1.93 bits per heavy atom. The van der Waals surface area contributed by atoms with Gasteiger partial charge in [0, 0.05) is 23.3 Å². The van der Waals surface area contributed by atoms with Gasteiger partial charge in [-0.3, -0.25) is 4.79 Å². The summed E-state index contributed by atoms with van der Waals surface area (Å²) in [4.78, 5) is 24.6. The van der Waals surface area contributed by atoms with Gasteiger partial charge in [0.05, 0.1) is 0 Å². The maximum atomic E-state index is 11.7. The molecule has 140 valence electrons. The molecule has 1 aliphatic heterocycles. The van der Waals surface area contributed by atoms with E-state index in [4.69, 9.17) is 14.2 Å². The minimum Gasteiger partial charge on any atom is -0.454 e. The predicted octanol–water partition coefficient (Wildman–Crippen LogP) is 2.88. The van der Waals surface area contributed by atoms with Crippen molar-refractivity contribution in [2.75, 3.05) is 25.7 Å². The second-order valence-electron chi connectivity index (χ2n) is 5.57. The SMILES string of the molecule is O=C(COC(=O)/C=C/c1ccc2c(c1)OCO2)NCCSc1ccccc1. The van der Waals surface area contributed by atoms with E-state index in [1.54, 1.807) is 36.0 Å². The molecule has 2 aromatic rings. The summed E-state index contributed by atoms with van der Waals surface area (Å²) in [6, 6.07) is 15.3. The molecule has 0 atom stereocenters. The molecule has 0 fully saturated rings. The molecule has 0 aromatic heterocycles. The molecule has 0 aliphatic carbocycles. The normalized spacial score (nSPS) is 12.1. The van der Waals surface area contributed by atoms with Crippen LogP contribution in [0.25, 0.3) is 6.08 Å². The number of esters is 1. The first kappa shape index (κ1) is 18.8. The summed E-state index contributed by atoms with van der Waals surface area (Å²) in [5.41, 5.74) is 0.776. The van der Waals surface area contributed by atoms with E-state index >= 15 is 0 Å². The second kappa shape index (κ2) is 9.68. The fraction of sp³-hybridized carbons (Fsp3) is 0.200. The van der Waals surface area contributed by atoms with E-state index in [1.165, 1.54) is 6.08 Å². The van der Waals surface area contributed by atoms with Gasteiger partial charge < -0.3 is 19.5 Å². The number of ether oxygens (including phenoxy) is 3. The monoisotopic (exact) mass is 385 g/mol. The molecular formula is C20H19NO5S. The average molecular weight is 385 g/mol. The van der Waals surface area contributed by atoms with Crippen LogP contribution in [0.1, 0.15) is 5.56 Å². The lowest BCUT2D eigenvalue weighted by molar-refractivity contribution is -0.143. The van der Waals surface area contributed by atoms with Crippen LogP contribution in [-0.2, 0) is 14.3 Å². The fourth-order valence-electron chi connectivity index (χ4n) is 2.29. The largest absolute Gasteiger partial charge is 0.454 e. The second-order valence-corrected chi connectivity index (χ2v) is 6.73. The van der Waals surface area contributed by atoms with Gasteiger partial charge in [0.1, 0.15) is 0 Å². The molecule has 0 saturated carbocycles. The Kier molecular flexibility index (Phi) is 6.76. The summed E-state index contributed by atoms with van der Waals surface area (Å²) < 4.78 is 15.4. The zero-order chi connectivity index (χ0) is 18.9. The predicted molar refractivity (Wildman–Crippen MR) is 103 cm³/mol. The Hall–Kier alpha value is -2.93. The van der Waals surface area contributed by atoms with Crippen LogP contribution in [0.3, 0.4) is 0 Å². The lowest BCUT2D eigenvalue weighted by Gasteiger charge is -2.05. The molecule has 0 unspecified atom stereocenters. The molecule has 0 saturated heterocycles. The third-order valence-electron chi connectivity index (χ3n) is 3.59. The van der Waals surface area contributed by atoms with Crippen LogP contribution in [0.4, 0.5) is 0 Å². The molecule has 1 amide bonds. The first-order valence-electron chi connectivity index (χ1n) is 8.40. The Bertz CT molecular complexity index is 822. The molecule has 2 aromatic carbocycles. The zero-order valence-electron chi connectivity index (χ0n) is 14.6. The van der Waals surface area contributed by atoms with Crippen molar-refractivity contribution in [1.82, 2.24) is 5.32 Å². The number of nitrogens with one attached hydrogen (secondary N) is 1. The molecule has 0 radical (unpaired) electrons. The van der Waals surface area contributed by atoms with E-state index in [2.05, 4.69) is 5.32 Å². The highest BCUT2D eigenvalue weighted by atomic mass is 32.2. The number of thioether (sulfide) groups is 1. The van der Waals surface area contributed by atoms with Crippen molar-refractivity contribution in [1.29, 1.82) is 0 Å². The quantitative estimate of drug-likeness (QED) is 0.326. The maximum absolute atomic E-state index is 11.7. The first-order valence-corrected chi connectivity index (χ1v) is 9.38. The fourth-order valence-corrected chi connectivity index (χ4v) is 3.08. The third-order valence-corrected chi connectivity index (χ3v) is 4.60. The van der Waals surface area contributed by atoms with Crippen LogP contribution in [0.15, 0.2) is 59.5 Å². The summed E-state index contributed by atoms with van der Waals surface area (Å²) in [5.74, 6) is 1.15. The van der Waals surface area contributed by atoms with E-state index in [0.717, 1.165) is 16.2 Å². The van der Waals surface area contributed by atoms with E-state index < -0.39 is 5.97 Å². The van der Waals surface area contributed by atoms with E-state index in [1.807, 2.05) is 30.3 Å². The van der Waals surface area contributed by atoms with Crippen molar-refractivity contribution < 1.29 is 23.8 Å². The van der Waals surface area contributed by atoms with Crippen LogP contribution < -0.4 is 14.8 Å². The van der Waals surface area contributed by atoms with Crippen molar-refractivity contribution in [3.63, 3.8) is 0 Å². The third kappa shape index (κ3) is 6.07. The number of carbonyl (C=O) groups excluding carboxylic acids is 2. The minimum absolute atomic E-state index is 0.198. The molecule has 1 heterocycles. The maximum Gasteiger partial charge on any atom is 0.331 e. The standard InChI is InChI=1S/C20H19NO5S/c22-19(21-10-11-27-16-4-2-1-3-5-16)13-24-20(23)9-7-15-6-8-17-18(12-15)26-14-25-17/h1-9,12H,10-11,13-14H2,(H,21,22)/b9-7+. The van der Waals surface area contributed by atoms with Crippen LogP contribution in [0, 0.1) is 0 Å². The lowest BCUT2D eigenvalue weighted by atomic mass is 10.2. The highest BCUT2D eigenvalue weighted by Gasteiger charge is 2.12. The van der Waals surface area contributed by atoms with Gasteiger partial charge in [-0.05, 0) is 35.9 Å². The Balaban J connectivity index is 1.33. The van der Waals surface area contributed by atoms with Crippen molar-refractivity contribution >= 4 is 29.7 Å². The van der Waals surface area contributed by atoms with Gasteiger partial charge in [-0.25, -0.2) is 4.79 Å². The lowest BCUT2D eigenvalue weighted by Crippen LogP contribution is -2.30. The molecule has 1 N–H and O–H groups in total. The molecule has 3 rings (SSSR count). The number of hydrogen-bond acceptors (Lipinski definition) is 6. The van der Waals surface area contributed by atoms with Gasteiger partial charge in [-0.1, -0.05) is 24.3 Å². The van der Waals surface area contributed by atoms with Crippen molar-refractivity contribution in [3.8, 4) is 11.5 Å². The molecular weight excluding hydrogens is 366 g/mol. The molecule has 6 nitrogen and oxygen atoms in total. The van der Waals surface area contributed by atoms with Gasteiger partial charge in [0.25, 0.3) is 5.91 Å². The first-order chi connectivity index (χ1) is 13.2. The van der Waals surface area contributed by atoms with Crippen molar-refractivity contribution in [2.45, 2.75) is 4.90 Å². The van der Waals surface area contributed by atoms with Gasteiger partial charge in [0.15, 0.2) is 18.1 Å². The highest BCUT2D eigenvalue weighted by molar-refractivity contribution is 7.99. The Labute approximate surface area is 161 Å². The smallest absolute Gasteiger partial charge is 0.331 e. The van der Waals surface area contributed by atoms with Crippen LogP contribution in [0.2, 0.25) is 0 Å². The Morgan fingerprint density at radius 1 is 1.11 bits per heavy atom. The van der Waals surface area contributed by atoms with Gasteiger partial charge in [-0.2, -0.15) is 0 Å². The van der Waals surface area contributed by atoms with E-state index in [0.29, 0.717) is 18.0 Å². The van der Waals surface area contributed by atoms with Crippen LogP contribution in [-0.4, -0.2) is 37.6 Å². The summed E-state index contributed by atoms with van der Waals surface area (Å²) in [5, 5.41) is 2.72. The van der Waals surface area contributed by atoms with Gasteiger partial charge in [0.2, 0.25) is 6.79 Å². The zero-order valence-corrected chi connectivity index (χ0v) is 15.4. The molecule has 27 heavy (non-hydrogen) atoms. The summed E-state index contributed by atoms with van der Waals surface area (Å²) >= 11 is 1.65. The molecule has 1 aliphatic rings. The molecule has 0 spiro atoms. The van der Waals surface area contributed by atoms with Crippen LogP contribution >= 0.6 is 11.8 Å². The van der Waals surface area contributed by atoms with Crippen molar-refractivity contribution in [2.24, 2.45) is 0 Å². The van der Waals surface area contributed by atoms with Gasteiger partial charge >= 0.3 is 5.97 Å². The van der Waals surface area contributed by atoms with E-state index in [9.17, 15) is 9.59 Å². The molecule has 7 heteroatoms.